The van der Waals surface area contributed by atoms with E-state index in [9.17, 15) is 0 Å². The maximum absolute atomic E-state index is 5.58. The van der Waals surface area contributed by atoms with E-state index in [0.717, 1.165) is 51.2 Å². The molecule has 1 aromatic rings. The molecule has 9 heteroatoms. The van der Waals surface area contributed by atoms with Gasteiger partial charge < -0.3 is 19.9 Å². The van der Waals surface area contributed by atoms with Crippen LogP contribution in [0.5, 0.6) is 0 Å². The van der Waals surface area contributed by atoms with Crippen molar-refractivity contribution in [1.29, 1.82) is 0 Å². The second-order valence-electron chi connectivity index (χ2n) is 7.29. The van der Waals surface area contributed by atoms with Crippen molar-refractivity contribution >= 4 is 29.9 Å². The van der Waals surface area contributed by atoms with E-state index in [2.05, 4.69) is 32.7 Å². The average molecular weight is 491 g/mol. The van der Waals surface area contributed by atoms with Gasteiger partial charge in [0.2, 0.25) is 0 Å². The Morgan fingerprint density at radius 1 is 1.22 bits per heavy atom. The Balaban J connectivity index is 0.00000261. The number of nitrogens with zero attached hydrogens (tertiary/aromatic N) is 5. The molecular weight excluding hydrogens is 457 g/mol. The van der Waals surface area contributed by atoms with Gasteiger partial charge in [-0.05, 0) is 19.8 Å². The molecule has 2 heterocycles. The average Bonchev–Trinajstić information content (AvgIpc) is 3.10. The van der Waals surface area contributed by atoms with Gasteiger partial charge in [-0.1, -0.05) is 19.3 Å². The molecule has 1 aliphatic heterocycles. The van der Waals surface area contributed by atoms with Crippen LogP contribution in [0.4, 0.5) is 0 Å². The molecule has 0 unspecified atom stereocenters. The lowest BCUT2D eigenvalue weighted by Crippen LogP contribution is -2.60. The van der Waals surface area contributed by atoms with Gasteiger partial charge in [0.15, 0.2) is 11.8 Å². The lowest BCUT2D eigenvalue weighted by Gasteiger charge is -2.48. The predicted octanol–water partition coefficient (Wildman–Crippen LogP) is 1.52. The molecule has 154 valence electrons. The first kappa shape index (κ1) is 22.4. The minimum Gasteiger partial charge on any atom is -0.379 e. The van der Waals surface area contributed by atoms with Gasteiger partial charge in [-0.25, -0.2) is 4.99 Å². The van der Waals surface area contributed by atoms with Crippen LogP contribution in [0.3, 0.4) is 0 Å². The van der Waals surface area contributed by atoms with Gasteiger partial charge in [0.05, 0.1) is 13.2 Å². The lowest BCUT2D eigenvalue weighted by molar-refractivity contribution is -0.0352. The second kappa shape index (κ2) is 11.2. The van der Waals surface area contributed by atoms with Crippen molar-refractivity contribution in [2.75, 3.05) is 39.4 Å². The third-order valence-corrected chi connectivity index (χ3v) is 5.58. The Kier molecular flexibility index (Phi) is 9.24. The minimum atomic E-state index is 0. The summed E-state index contributed by atoms with van der Waals surface area (Å²) in [6.07, 6.45) is 8.19. The van der Waals surface area contributed by atoms with Crippen molar-refractivity contribution in [3.63, 3.8) is 0 Å². The van der Waals surface area contributed by atoms with Crippen LogP contribution >= 0.6 is 24.0 Å². The number of nitrogens with one attached hydrogen (secondary N) is 2. The van der Waals surface area contributed by atoms with Crippen LogP contribution in [0.15, 0.2) is 11.3 Å². The summed E-state index contributed by atoms with van der Waals surface area (Å²) in [6.45, 7) is 8.16. The smallest absolute Gasteiger partial charge is 0.191 e. The fourth-order valence-electron chi connectivity index (χ4n) is 4.04. The Morgan fingerprint density at radius 2 is 1.96 bits per heavy atom. The molecule has 1 aromatic heterocycles. The minimum absolute atomic E-state index is 0. The van der Waals surface area contributed by atoms with E-state index in [1.165, 1.54) is 32.1 Å². The number of aromatic nitrogens is 3. The molecule has 2 N–H and O–H groups in total. The highest BCUT2D eigenvalue weighted by Crippen LogP contribution is 2.33. The van der Waals surface area contributed by atoms with Crippen molar-refractivity contribution in [2.24, 2.45) is 12.0 Å². The summed E-state index contributed by atoms with van der Waals surface area (Å²) in [4.78, 5) is 7.35. The Morgan fingerprint density at radius 3 is 2.59 bits per heavy atom. The number of hydrogen-bond donors (Lipinski definition) is 2. The van der Waals surface area contributed by atoms with Gasteiger partial charge in [-0.2, -0.15) is 0 Å². The van der Waals surface area contributed by atoms with Crippen LogP contribution in [-0.2, 0) is 18.3 Å². The quantitative estimate of drug-likeness (QED) is 0.357. The fraction of sp³-hybridized carbons (Fsp3) is 0.833. The molecule has 2 fully saturated rings. The van der Waals surface area contributed by atoms with Crippen molar-refractivity contribution < 1.29 is 4.74 Å². The number of aryl methyl sites for hydroxylation is 1. The molecule has 2 aliphatic rings. The largest absolute Gasteiger partial charge is 0.379 e. The van der Waals surface area contributed by atoms with E-state index in [1.807, 2.05) is 11.6 Å². The standard InChI is InChI=1S/C18H33N7O.HI/c1-3-19-17(20-13-16-23-22-15-24(16)2)21-14-18(7-5-4-6-8-18)25-9-11-26-12-10-25;/h15H,3-14H2,1-2H3,(H2,19,20,21);1H. The highest BCUT2D eigenvalue weighted by molar-refractivity contribution is 14.0. The summed E-state index contributed by atoms with van der Waals surface area (Å²) in [5.74, 6) is 1.72. The number of ether oxygens (including phenoxy) is 1. The first-order valence-corrected chi connectivity index (χ1v) is 9.91. The number of morpholine rings is 1. The van der Waals surface area contributed by atoms with Crippen molar-refractivity contribution in [3.05, 3.63) is 12.2 Å². The maximum atomic E-state index is 5.58. The molecule has 0 bridgehead atoms. The molecule has 0 aromatic carbocycles. The van der Waals surface area contributed by atoms with Crippen molar-refractivity contribution in [1.82, 2.24) is 30.3 Å². The van der Waals surface area contributed by atoms with Crippen LogP contribution in [-0.4, -0.2) is 70.6 Å². The third-order valence-electron chi connectivity index (χ3n) is 5.58. The molecule has 27 heavy (non-hydrogen) atoms. The highest BCUT2D eigenvalue weighted by atomic mass is 127. The third kappa shape index (κ3) is 6.02. The number of halogens is 1. The Bertz CT molecular complexity index is 580. The zero-order chi connectivity index (χ0) is 18.2. The summed E-state index contributed by atoms with van der Waals surface area (Å²) in [5, 5.41) is 15.0. The van der Waals surface area contributed by atoms with Gasteiger partial charge in [0, 0.05) is 38.8 Å². The van der Waals surface area contributed by atoms with E-state index in [4.69, 9.17) is 9.73 Å². The topological polar surface area (TPSA) is 79.6 Å². The van der Waals surface area contributed by atoms with Crippen LogP contribution < -0.4 is 10.6 Å². The molecule has 1 saturated carbocycles. The van der Waals surface area contributed by atoms with Gasteiger partial charge in [-0.15, -0.1) is 34.2 Å². The van der Waals surface area contributed by atoms with Crippen molar-refractivity contribution in [2.45, 2.75) is 51.1 Å². The van der Waals surface area contributed by atoms with Crippen molar-refractivity contribution in [3.8, 4) is 0 Å². The first-order chi connectivity index (χ1) is 12.7. The molecule has 0 atom stereocenters. The van der Waals surface area contributed by atoms with Crippen LogP contribution in [0, 0.1) is 0 Å². The summed E-state index contributed by atoms with van der Waals surface area (Å²) in [5.41, 5.74) is 0.225. The molecule has 1 saturated heterocycles. The van der Waals surface area contributed by atoms with Crippen LogP contribution in [0.2, 0.25) is 0 Å². The van der Waals surface area contributed by atoms with E-state index in [0.29, 0.717) is 6.54 Å². The number of rotatable bonds is 6. The molecule has 0 spiro atoms. The summed E-state index contributed by atoms with van der Waals surface area (Å²) < 4.78 is 7.48. The molecule has 0 amide bonds. The summed E-state index contributed by atoms with van der Waals surface area (Å²) in [6, 6.07) is 0. The normalized spacial score (nSPS) is 20.7. The highest BCUT2D eigenvalue weighted by Gasteiger charge is 2.38. The van der Waals surface area contributed by atoms with E-state index in [1.54, 1.807) is 6.33 Å². The van der Waals surface area contributed by atoms with Crippen LogP contribution in [0.1, 0.15) is 44.9 Å². The number of aliphatic imine (C=N–C) groups is 1. The first-order valence-electron chi connectivity index (χ1n) is 9.91. The van der Waals surface area contributed by atoms with Gasteiger partial charge in [-0.3, -0.25) is 4.90 Å². The zero-order valence-corrected chi connectivity index (χ0v) is 18.9. The Labute approximate surface area is 179 Å². The lowest BCUT2D eigenvalue weighted by atomic mass is 9.80. The fourth-order valence-corrected chi connectivity index (χ4v) is 4.04. The predicted molar refractivity (Wildman–Crippen MR) is 117 cm³/mol. The van der Waals surface area contributed by atoms with Gasteiger partial charge in [0.1, 0.15) is 12.9 Å². The summed E-state index contributed by atoms with van der Waals surface area (Å²) in [7, 11) is 1.95. The molecule has 3 rings (SSSR count). The number of hydrogen-bond acceptors (Lipinski definition) is 5. The maximum Gasteiger partial charge on any atom is 0.191 e. The monoisotopic (exact) mass is 491 g/mol. The molecular formula is C18H34IN7O. The molecule has 8 nitrogen and oxygen atoms in total. The second-order valence-corrected chi connectivity index (χ2v) is 7.29. The van der Waals surface area contributed by atoms with E-state index in [-0.39, 0.29) is 29.5 Å². The molecule has 0 radical (unpaired) electrons. The Hall–Kier alpha value is -0.940. The van der Waals surface area contributed by atoms with E-state index < -0.39 is 0 Å². The van der Waals surface area contributed by atoms with Gasteiger partial charge in [0.25, 0.3) is 0 Å². The summed E-state index contributed by atoms with van der Waals surface area (Å²) >= 11 is 0. The zero-order valence-electron chi connectivity index (χ0n) is 16.6. The van der Waals surface area contributed by atoms with E-state index >= 15 is 0 Å². The molecule has 1 aliphatic carbocycles. The SMILES string of the molecule is CCNC(=NCc1nncn1C)NCC1(N2CCOCC2)CCCCC1.I. The van der Waals surface area contributed by atoms with Crippen LogP contribution in [0.25, 0.3) is 0 Å². The van der Waals surface area contributed by atoms with Gasteiger partial charge >= 0.3 is 0 Å². The number of guanidine groups is 1.